The first-order valence-electron chi connectivity index (χ1n) is 7.67. The molecule has 6 heteroatoms. The van der Waals surface area contributed by atoms with Crippen LogP contribution in [0.4, 0.5) is 15.8 Å². The van der Waals surface area contributed by atoms with Gasteiger partial charge < -0.3 is 5.32 Å². The summed E-state index contributed by atoms with van der Waals surface area (Å²) in [5.41, 5.74) is 2.21. The van der Waals surface area contributed by atoms with Crippen LogP contribution in [-0.2, 0) is 9.59 Å². The standard InChI is InChI=1S/C18H17FN2O2S/c1-2-16(22)20-14-8-6-12(7-9-14)18-21(17(23)11-24-18)15-5-3-4-13(19)10-15/h3-10,18H,2,11H2,1H3,(H,20,22)/t18-/m1/s1. The van der Waals surface area contributed by atoms with Crippen LogP contribution in [0.3, 0.4) is 0 Å². The fourth-order valence-corrected chi connectivity index (χ4v) is 3.73. The van der Waals surface area contributed by atoms with Gasteiger partial charge in [-0.25, -0.2) is 4.39 Å². The number of nitrogens with zero attached hydrogens (tertiary/aromatic N) is 1. The second kappa shape index (κ2) is 7.05. The molecule has 1 fully saturated rings. The van der Waals surface area contributed by atoms with E-state index in [9.17, 15) is 14.0 Å². The molecular formula is C18H17FN2O2S. The van der Waals surface area contributed by atoms with Crippen molar-refractivity contribution in [1.29, 1.82) is 0 Å². The van der Waals surface area contributed by atoms with Crippen LogP contribution in [0.15, 0.2) is 48.5 Å². The van der Waals surface area contributed by atoms with Gasteiger partial charge in [-0.3, -0.25) is 14.5 Å². The van der Waals surface area contributed by atoms with Crippen molar-refractivity contribution < 1.29 is 14.0 Å². The van der Waals surface area contributed by atoms with Crippen molar-refractivity contribution in [1.82, 2.24) is 0 Å². The Balaban J connectivity index is 1.85. The van der Waals surface area contributed by atoms with Gasteiger partial charge in [-0.15, -0.1) is 11.8 Å². The van der Waals surface area contributed by atoms with Gasteiger partial charge in [0.05, 0.1) is 5.75 Å². The first-order valence-corrected chi connectivity index (χ1v) is 8.72. The van der Waals surface area contributed by atoms with E-state index < -0.39 is 0 Å². The highest BCUT2D eigenvalue weighted by Crippen LogP contribution is 2.42. The monoisotopic (exact) mass is 344 g/mol. The Bertz CT molecular complexity index is 764. The molecule has 0 bridgehead atoms. The quantitative estimate of drug-likeness (QED) is 0.913. The van der Waals surface area contributed by atoms with Gasteiger partial charge in [-0.1, -0.05) is 25.1 Å². The van der Waals surface area contributed by atoms with Crippen LogP contribution in [-0.4, -0.2) is 17.6 Å². The molecule has 0 saturated carbocycles. The summed E-state index contributed by atoms with van der Waals surface area (Å²) < 4.78 is 13.5. The number of hydrogen-bond acceptors (Lipinski definition) is 3. The largest absolute Gasteiger partial charge is 0.326 e. The molecule has 3 rings (SSSR count). The second-order valence-electron chi connectivity index (χ2n) is 5.43. The molecule has 124 valence electrons. The van der Waals surface area contributed by atoms with Gasteiger partial charge >= 0.3 is 0 Å². The van der Waals surface area contributed by atoms with E-state index in [0.29, 0.717) is 17.9 Å². The molecule has 24 heavy (non-hydrogen) atoms. The van der Waals surface area contributed by atoms with Crippen LogP contribution < -0.4 is 10.2 Å². The molecule has 1 saturated heterocycles. The summed E-state index contributed by atoms with van der Waals surface area (Å²) in [5, 5.41) is 2.59. The molecule has 1 aliphatic rings. The lowest BCUT2D eigenvalue weighted by Crippen LogP contribution is -2.27. The number of thioether (sulfide) groups is 1. The molecular weight excluding hydrogens is 327 g/mol. The summed E-state index contributed by atoms with van der Waals surface area (Å²) in [5.74, 6) is -0.0997. The minimum Gasteiger partial charge on any atom is -0.326 e. The smallest absolute Gasteiger partial charge is 0.238 e. The molecule has 2 aromatic carbocycles. The number of carbonyl (C=O) groups excluding carboxylic acids is 2. The zero-order valence-electron chi connectivity index (χ0n) is 13.2. The highest BCUT2D eigenvalue weighted by Gasteiger charge is 2.34. The third kappa shape index (κ3) is 3.43. The average Bonchev–Trinajstić information content (AvgIpc) is 2.97. The van der Waals surface area contributed by atoms with Crippen molar-refractivity contribution in [2.75, 3.05) is 16.0 Å². The van der Waals surface area contributed by atoms with Gasteiger partial charge in [0.25, 0.3) is 0 Å². The van der Waals surface area contributed by atoms with E-state index >= 15 is 0 Å². The lowest BCUT2D eigenvalue weighted by Gasteiger charge is -2.24. The molecule has 0 radical (unpaired) electrons. The lowest BCUT2D eigenvalue weighted by molar-refractivity contribution is -0.116. The van der Waals surface area contributed by atoms with E-state index in [0.717, 1.165) is 11.3 Å². The average molecular weight is 344 g/mol. The molecule has 0 spiro atoms. The van der Waals surface area contributed by atoms with E-state index in [2.05, 4.69) is 5.32 Å². The Morgan fingerprint density at radius 3 is 2.71 bits per heavy atom. The van der Waals surface area contributed by atoms with Crippen molar-refractivity contribution in [3.8, 4) is 0 Å². The topological polar surface area (TPSA) is 49.4 Å². The highest BCUT2D eigenvalue weighted by atomic mass is 32.2. The van der Waals surface area contributed by atoms with Gasteiger partial charge in [-0.2, -0.15) is 0 Å². The number of rotatable bonds is 4. The van der Waals surface area contributed by atoms with Gasteiger partial charge in [-0.05, 0) is 35.9 Å². The summed E-state index contributed by atoms with van der Waals surface area (Å²) in [6, 6.07) is 13.5. The van der Waals surface area contributed by atoms with E-state index in [-0.39, 0.29) is 23.0 Å². The van der Waals surface area contributed by atoms with E-state index in [4.69, 9.17) is 0 Å². The van der Waals surface area contributed by atoms with Gasteiger partial charge in [0, 0.05) is 17.8 Å². The maximum absolute atomic E-state index is 13.5. The number of anilines is 2. The van der Waals surface area contributed by atoms with Crippen LogP contribution in [0.1, 0.15) is 24.3 Å². The molecule has 1 N–H and O–H groups in total. The lowest BCUT2D eigenvalue weighted by atomic mass is 10.1. The Hall–Kier alpha value is -2.34. The Morgan fingerprint density at radius 2 is 2.04 bits per heavy atom. The van der Waals surface area contributed by atoms with Gasteiger partial charge in [0.2, 0.25) is 11.8 Å². The molecule has 1 aliphatic heterocycles. The Morgan fingerprint density at radius 1 is 1.29 bits per heavy atom. The summed E-state index contributed by atoms with van der Waals surface area (Å²) in [4.78, 5) is 25.3. The van der Waals surface area contributed by atoms with E-state index in [1.54, 1.807) is 24.0 Å². The maximum Gasteiger partial charge on any atom is 0.238 e. The van der Waals surface area contributed by atoms with Crippen LogP contribution in [0.5, 0.6) is 0 Å². The zero-order valence-corrected chi connectivity index (χ0v) is 14.0. The van der Waals surface area contributed by atoms with Crippen LogP contribution in [0.2, 0.25) is 0 Å². The molecule has 0 aliphatic carbocycles. The Kier molecular flexibility index (Phi) is 4.85. The fraction of sp³-hybridized carbons (Fsp3) is 0.222. The molecule has 2 amide bonds. The number of carbonyl (C=O) groups is 2. The number of amides is 2. The van der Waals surface area contributed by atoms with Crippen LogP contribution in [0, 0.1) is 5.82 Å². The minimum atomic E-state index is -0.367. The van der Waals surface area contributed by atoms with Crippen LogP contribution in [0.25, 0.3) is 0 Å². The normalized spacial score (nSPS) is 17.2. The van der Waals surface area contributed by atoms with Crippen molar-refractivity contribution >= 4 is 35.0 Å². The molecule has 4 nitrogen and oxygen atoms in total. The molecule has 0 unspecified atom stereocenters. The fourth-order valence-electron chi connectivity index (χ4n) is 2.56. The second-order valence-corrected chi connectivity index (χ2v) is 6.50. The molecule has 1 atom stereocenters. The third-order valence-electron chi connectivity index (χ3n) is 3.75. The SMILES string of the molecule is CCC(=O)Nc1ccc([C@H]2SCC(=O)N2c2cccc(F)c2)cc1. The zero-order chi connectivity index (χ0) is 17.1. The molecule has 2 aromatic rings. The number of halogens is 1. The predicted molar refractivity (Wildman–Crippen MR) is 94.4 cm³/mol. The number of benzene rings is 2. The van der Waals surface area contributed by atoms with Crippen molar-refractivity contribution in [2.24, 2.45) is 0 Å². The summed E-state index contributed by atoms with van der Waals surface area (Å²) >= 11 is 1.50. The summed E-state index contributed by atoms with van der Waals surface area (Å²) in [7, 11) is 0. The van der Waals surface area contributed by atoms with Crippen LogP contribution >= 0.6 is 11.8 Å². The first-order chi connectivity index (χ1) is 11.6. The summed E-state index contributed by atoms with van der Waals surface area (Å²) in [6.45, 7) is 1.79. The van der Waals surface area contributed by atoms with E-state index in [1.165, 1.54) is 23.9 Å². The predicted octanol–water partition coefficient (Wildman–Crippen LogP) is 3.95. The van der Waals surface area contributed by atoms with Gasteiger partial charge in [0.1, 0.15) is 11.2 Å². The third-order valence-corrected chi connectivity index (χ3v) is 4.97. The highest BCUT2D eigenvalue weighted by molar-refractivity contribution is 8.00. The first kappa shape index (κ1) is 16.5. The number of hydrogen-bond donors (Lipinski definition) is 1. The molecule has 0 aromatic heterocycles. The summed E-state index contributed by atoms with van der Waals surface area (Å²) in [6.07, 6.45) is 0.419. The minimum absolute atomic E-state index is 0.0426. The van der Waals surface area contributed by atoms with Gasteiger partial charge in [0.15, 0.2) is 0 Å². The number of nitrogens with one attached hydrogen (secondary N) is 1. The maximum atomic E-state index is 13.5. The Labute approximate surface area is 144 Å². The van der Waals surface area contributed by atoms with Crippen molar-refractivity contribution in [3.63, 3.8) is 0 Å². The van der Waals surface area contributed by atoms with Crippen molar-refractivity contribution in [3.05, 3.63) is 59.9 Å². The van der Waals surface area contributed by atoms with Crippen molar-refractivity contribution in [2.45, 2.75) is 18.7 Å². The van der Waals surface area contributed by atoms with E-state index in [1.807, 2.05) is 24.3 Å². The molecule has 1 heterocycles.